The first kappa shape index (κ1) is 41.6. The van der Waals surface area contributed by atoms with Gasteiger partial charge in [0.15, 0.2) is 0 Å². The molecule has 0 radical (unpaired) electrons. The van der Waals surface area contributed by atoms with Crippen molar-refractivity contribution in [1.82, 2.24) is 33.3 Å². The summed E-state index contributed by atoms with van der Waals surface area (Å²) in [5.74, 6) is 2.56. The fourth-order valence-corrected chi connectivity index (χ4v) is 7.63. The molecule has 2 atom stereocenters. The second-order valence-electron chi connectivity index (χ2n) is 14.0. The van der Waals surface area contributed by atoms with Crippen molar-refractivity contribution in [1.29, 1.82) is 10.8 Å². The summed E-state index contributed by atoms with van der Waals surface area (Å²) in [5, 5.41) is 49.0. The molecule has 0 saturated carbocycles. The van der Waals surface area contributed by atoms with Crippen molar-refractivity contribution in [2.24, 2.45) is 0 Å². The predicted octanol–water partition coefficient (Wildman–Crippen LogP) is 8.56. The first-order chi connectivity index (χ1) is 28.4. The summed E-state index contributed by atoms with van der Waals surface area (Å²) in [6.07, 6.45) is 5.65. The van der Waals surface area contributed by atoms with Gasteiger partial charge in [-0.3, -0.25) is 15.4 Å². The highest BCUT2D eigenvalue weighted by atomic mass is 35.5. The Balaban J connectivity index is 0.000000192. The van der Waals surface area contributed by atoms with Crippen molar-refractivity contribution < 1.29 is 10.2 Å². The van der Waals surface area contributed by atoms with Crippen molar-refractivity contribution in [2.75, 3.05) is 0 Å². The summed E-state index contributed by atoms with van der Waals surface area (Å²) >= 11 is 24.1. The molecule has 0 bridgehead atoms. The lowest BCUT2D eigenvalue weighted by Gasteiger charge is -2.13. The number of nitrogens with one attached hydrogen (secondary N) is 2. The number of terminal acetylenes is 1. The Morgan fingerprint density at radius 2 is 1.14 bits per heavy atom. The van der Waals surface area contributed by atoms with Crippen LogP contribution in [0.2, 0.25) is 20.1 Å². The van der Waals surface area contributed by atoms with Gasteiger partial charge in [0.1, 0.15) is 5.69 Å². The molecule has 8 rings (SSSR count). The smallest absolute Gasteiger partial charge is 0.203 e. The summed E-state index contributed by atoms with van der Waals surface area (Å²) in [6, 6.07) is 33.8. The van der Waals surface area contributed by atoms with E-state index in [9.17, 15) is 10.2 Å². The van der Waals surface area contributed by atoms with Crippen molar-refractivity contribution in [2.45, 2.75) is 51.9 Å². The number of aliphatic hydroxyl groups excluding tert-OH is 2. The summed E-state index contributed by atoms with van der Waals surface area (Å²) in [6.45, 7) is 3.80. The number of aromatic nitrogens is 7. The van der Waals surface area contributed by atoms with Gasteiger partial charge < -0.3 is 23.9 Å². The molecule has 4 N–H and O–H groups in total. The molecule has 0 aliphatic carbocycles. The van der Waals surface area contributed by atoms with Crippen LogP contribution in [0.1, 0.15) is 40.2 Å². The zero-order valence-electron chi connectivity index (χ0n) is 31.8. The van der Waals surface area contributed by atoms with Gasteiger partial charge in [0, 0.05) is 0 Å². The fourth-order valence-electron chi connectivity index (χ4n) is 7.01. The van der Waals surface area contributed by atoms with E-state index >= 15 is 0 Å². The second kappa shape index (κ2) is 18.1. The molecule has 0 aliphatic rings. The van der Waals surface area contributed by atoms with Crippen LogP contribution in [0.15, 0.2) is 115 Å². The minimum Gasteiger partial charge on any atom is -0.387 e. The SMILES string of the molecule is C#CCn1c(=N)n(CC(O)c2ccc(Cl)c(Cl)c2)c2ccccc21.Cc1cccc(Cn2cc(Cn3c(=N)n(CC(O)c4ccc(Cl)c(Cl)c4)c4ccccc43)nn2)c1. The van der Waals surface area contributed by atoms with Crippen LogP contribution in [0.4, 0.5) is 0 Å². The topological polar surface area (TPSA) is 139 Å². The molecular weight excluding hydrogens is 828 g/mol. The third kappa shape index (κ3) is 9.19. The van der Waals surface area contributed by atoms with Crippen molar-refractivity contribution in [3.8, 4) is 12.3 Å². The third-order valence-electron chi connectivity index (χ3n) is 9.90. The van der Waals surface area contributed by atoms with Crippen LogP contribution >= 0.6 is 46.4 Å². The molecule has 3 aromatic heterocycles. The number of halogens is 4. The zero-order chi connectivity index (χ0) is 41.8. The number of hydrogen-bond acceptors (Lipinski definition) is 6. The van der Waals surface area contributed by atoms with E-state index in [0.717, 1.165) is 33.3 Å². The molecule has 15 heteroatoms. The van der Waals surface area contributed by atoms with E-state index in [0.29, 0.717) is 50.9 Å². The monoisotopic (exact) mass is 865 g/mol. The Kier molecular flexibility index (Phi) is 12.8. The fraction of sp³-hybridized carbons (Fsp3) is 0.182. The molecule has 3 heterocycles. The van der Waals surface area contributed by atoms with Crippen LogP contribution in [0.3, 0.4) is 0 Å². The van der Waals surface area contributed by atoms with Gasteiger partial charge in [-0.1, -0.05) is 124 Å². The molecule has 0 fully saturated rings. The van der Waals surface area contributed by atoms with Gasteiger partial charge in [0.25, 0.3) is 0 Å². The van der Waals surface area contributed by atoms with E-state index in [1.807, 2.05) is 70.0 Å². The summed E-state index contributed by atoms with van der Waals surface area (Å²) < 4.78 is 8.94. The quantitative estimate of drug-likeness (QED) is 0.0969. The Hall–Kier alpha value is -5.58. The van der Waals surface area contributed by atoms with Crippen LogP contribution in [-0.2, 0) is 32.7 Å². The van der Waals surface area contributed by atoms with Gasteiger partial charge in [-0.25, -0.2) is 4.68 Å². The molecule has 300 valence electrons. The lowest BCUT2D eigenvalue weighted by molar-refractivity contribution is 0.155. The van der Waals surface area contributed by atoms with Crippen LogP contribution in [0, 0.1) is 30.1 Å². The molecule has 8 aromatic rings. The maximum absolute atomic E-state index is 10.9. The number of fused-ring (bicyclic) bond motifs is 2. The second-order valence-corrected chi connectivity index (χ2v) is 15.6. The van der Waals surface area contributed by atoms with Gasteiger partial charge in [-0.05, 0) is 72.1 Å². The predicted molar refractivity (Wildman–Crippen MR) is 233 cm³/mol. The van der Waals surface area contributed by atoms with Crippen LogP contribution in [-0.4, -0.2) is 43.5 Å². The molecule has 0 amide bonds. The molecule has 5 aromatic carbocycles. The minimum atomic E-state index is -0.853. The Labute approximate surface area is 359 Å². The average Bonchev–Trinajstić information content (AvgIpc) is 3.86. The average molecular weight is 868 g/mol. The van der Waals surface area contributed by atoms with Gasteiger partial charge in [-0.15, -0.1) is 11.5 Å². The largest absolute Gasteiger partial charge is 0.387 e. The molecule has 0 saturated heterocycles. The van der Waals surface area contributed by atoms with Crippen LogP contribution in [0.5, 0.6) is 0 Å². The Bertz CT molecular complexity index is 2960. The summed E-state index contributed by atoms with van der Waals surface area (Å²) in [5.41, 5.74) is 8.34. The van der Waals surface area contributed by atoms with Crippen molar-refractivity contribution >= 4 is 68.5 Å². The first-order valence-corrected chi connectivity index (χ1v) is 20.0. The number of para-hydroxylation sites is 4. The number of imidazole rings is 2. The number of aryl methyl sites for hydroxylation is 1. The van der Waals surface area contributed by atoms with Gasteiger partial charge in [0.05, 0.1) is 93.3 Å². The molecule has 11 nitrogen and oxygen atoms in total. The number of hydrogen-bond donors (Lipinski definition) is 4. The molecule has 2 unspecified atom stereocenters. The molecular formula is C44H39Cl4N9O2. The first-order valence-electron chi connectivity index (χ1n) is 18.5. The standard InChI is InChI=1S/C26H24Cl2N6O.C18H15Cl2N3O/c1-17-5-4-6-18(11-17)13-32-14-20(30-31-32)15-33-23-7-2-3-8-24(23)34(26(33)29)16-25(35)19-9-10-21(27)22(28)12-19;1-2-9-22-15-5-3-4-6-16(15)23(18(22)21)11-17(24)12-7-8-13(19)14(20)10-12/h2-12,14,25,29,35H,13,15-16H2,1H3;1,3-8,10,17,21,24H,9,11H2. The summed E-state index contributed by atoms with van der Waals surface area (Å²) in [4.78, 5) is 0. The molecule has 0 aliphatic heterocycles. The van der Waals surface area contributed by atoms with Crippen molar-refractivity contribution in [3.63, 3.8) is 0 Å². The highest BCUT2D eigenvalue weighted by Gasteiger charge is 2.18. The van der Waals surface area contributed by atoms with E-state index < -0.39 is 12.2 Å². The zero-order valence-corrected chi connectivity index (χ0v) is 34.8. The minimum absolute atomic E-state index is 0.199. The maximum Gasteiger partial charge on any atom is 0.203 e. The Morgan fingerprint density at radius 1 is 0.627 bits per heavy atom. The third-order valence-corrected chi connectivity index (χ3v) is 11.4. The van der Waals surface area contributed by atoms with E-state index in [1.165, 1.54) is 5.56 Å². The number of aliphatic hydroxyl groups is 2. The lowest BCUT2D eigenvalue weighted by atomic mass is 10.1. The normalized spacial score (nSPS) is 12.3. The highest BCUT2D eigenvalue weighted by Crippen LogP contribution is 2.28. The maximum atomic E-state index is 10.9. The van der Waals surface area contributed by atoms with E-state index in [2.05, 4.69) is 41.4 Å². The number of rotatable bonds is 11. The van der Waals surface area contributed by atoms with E-state index in [4.69, 9.17) is 63.6 Å². The summed E-state index contributed by atoms with van der Waals surface area (Å²) in [7, 11) is 0. The van der Waals surface area contributed by atoms with E-state index in [-0.39, 0.29) is 24.3 Å². The van der Waals surface area contributed by atoms with E-state index in [1.54, 1.807) is 50.1 Å². The van der Waals surface area contributed by atoms with Gasteiger partial charge in [0.2, 0.25) is 11.2 Å². The van der Waals surface area contributed by atoms with Crippen LogP contribution < -0.4 is 11.2 Å². The molecule has 0 spiro atoms. The van der Waals surface area contributed by atoms with Gasteiger partial charge in [-0.2, -0.15) is 0 Å². The molecule has 59 heavy (non-hydrogen) atoms. The Morgan fingerprint density at radius 3 is 1.64 bits per heavy atom. The van der Waals surface area contributed by atoms with Crippen LogP contribution in [0.25, 0.3) is 22.1 Å². The highest BCUT2D eigenvalue weighted by molar-refractivity contribution is 6.42. The lowest BCUT2D eigenvalue weighted by Crippen LogP contribution is -2.27. The van der Waals surface area contributed by atoms with Crippen molar-refractivity contribution in [3.05, 3.63) is 175 Å². The van der Waals surface area contributed by atoms with Gasteiger partial charge >= 0.3 is 0 Å². The number of benzene rings is 5. The number of nitrogens with zero attached hydrogens (tertiary/aromatic N) is 7.